The van der Waals surface area contributed by atoms with Crippen molar-refractivity contribution in [2.24, 2.45) is 7.05 Å². The predicted octanol–water partition coefficient (Wildman–Crippen LogP) is 2.34. The highest BCUT2D eigenvalue weighted by atomic mass is 16.4. The van der Waals surface area contributed by atoms with Gasteiger partial charge in [-0.3, -0.25) is 14.8 Å². The Bertz CT molecular complexity index is 834. The largest absolute Gasteiger partial charge is 0.403 e. The second-order valence-corrected chi connectivity index (χ2v) is 5.04. The van der Waals surface area contributed by atoms with Gasteiger partial charge in [0.1, 0.15) is 0 Å². The van der Waals surface area contributed by atoms with Crippen molar-refractivity contribution in [1.29, 1.82) is 0 Å². The number of rotatable bonds is 3. The molecule has 7 nitrogen and oxygen atoms in total. The molecule has 0 unspecified atom stereocenters. The first-order valence-electron chi connectivity index (χ1n) is 6.75. The normalized spacial score (nSPS) is 10.7. The van der Waals surface area contributed by atoms with Gasteiger partial charge in [-0.1, -0.05) is 11.2 Å². The molecule has 0 fully saturated rings. The smallest absolute Gasteiger partial charge is 0.322 e. The number of hydrogen-bond donors (Lipinski definition) is 1. The van der Waals surface area contributed by atoms with Gasteiger partial charge in [0.2, 0.25) is 5.89 Å². The van der Waals surface area contributed by atoms with E-state index in [9.17, 15) is 4.79 Å². The van der Waals surface area contributed by atoms with Crippen molar-refractivity contribution >= 4 is 11.9 Å². The summed E-state index contributed by atoms with van der Waals surface area (Å²) >= 11 is 0. The molecule has 2 aromatic heterocycles. The molecule has 1 N–H and O–H groups in total. The zero-order valence-electron chi connectivity index (χ0n) is 12.5. The van der Waals surface area contributed by atoms with Gasteiger partial charge in [-0.15, -0.1) is 5.10 Å². The molecule has 0 saturated carbocycles. The number of benzene rings is 1. The summed E-state index contributed by atoms with van der Waals surface area (Å²) in [5.74, 6) is -0.0321. The van der Waals surface area contributed by atoms with Gasteiger partial charge < -0.3 is 4.42 Å². The van der Waals surface area contributed by atoms with Crippen LogP contribution in [0.15, 0.2) is 34.9 Å². The molecule has 2 heterocycles. The van der Waals surface area contributed by atoms with Crippen molar-refractivity contribution in [2.45, 2.75) is 13.8 Å². The van der Waals surface area contributed by atoms with Gasteiger partial charge in [-0.25, -0.2) is 0 Å². The molecular formula is C15H15N5O2. The average molecular weight is 297 g/mol. The Kier molecular flexibility index (Phi) is 3.46. The second-order valence-electron chi connectivity index (χ2n) is 5.04. The van der Waals surface area contributed by atoms with E-state index < -0.39 is 5.91 Å². The van der Waals surface area contributed by atoms with Gasteiger partial charge in [-0.2, -0.15) is 5.10 Å². The van der Waals surface area contributed by atoms with Crippen LogP contribution in [0.4, 0.5) is 6.01 Å². The SMILES string of the molecule is Cc1ccc(-c2nnc(NC(=O)c3ccn(C)n3)o2)cc1C. The standard InChI is InChI=1S/C15H15N5O2/c1-9-4-5-11(8-10(9)2)14-17-18-15(22-14)16-13(21)12-6-7-20(3)19-12/h4-8H,1-3H3,(H,16,18,21). The van der Waals surface area contributed by atoms with Crippen molar-refractivity contribution in [3.05, 3.63) is 47.3 Å². The lowest BCUT2D eigenvalue weighted by Crippen LogP contribution is -2.13. The van der Waals surface area contributed by atoms with Crippen LogP contribution < -0.4 is 5.32 Å². The highest BCUT2D eigenvalue weighted by Crippen LogP contribution is 2.22. The molecule has 7 heteroatoms. The van der Waals surface area contributed by atoms with E-state index in [0.29, 0.717) is 5.89 Å². The minimum absolute atomic E-state index is 0.0453. The average Bonchev–Trinajstić information content (AvgIpc) is 3.11. The third kappa shape index (κ3) is 2.73. The maximum absolute atomic E-state index is 12.0. The number of amides is 1. The molecule has 3 rings (SSSR count). The number of carbonyl (C=O) groups is 1. The fourth-order valence-corrected chi connectivity index (χ4v) is 1.96. The van der Waals surface area contributed by atoms with Crippen LogP contribution in [-0.2, 0) is 7.05 Å². The van der Waals surface area contributed by atoms with Crippen molar-refractivity contribution in [1.82, 2.24) is 20.0 Å². The van der Waals surface area contributed by atoms with Crippen molar-refractivity contribution < 1.29 is 9.21 Å². The molecule has 112 valence electrons. The van der Waals surface area contributed by atoms with Crippen LogP contribution in [0, 0.1) is 13.8 Å². The van der Waals surface area contributed by atoms with Crippen molar-refractivity contribution in [2.75, 3.05) is 5.32 Å². The van der Waals surface area contributed by atoms with Gasteiger partial charge in [-0.05, 0) is 43.2 Å². The van der Waals surface area contributed by atoms with E-state index in [-0.39, 0.29) is 11.7 Å². The van der Waals surface area contributed by atoms with Crippen LogP contribution in [0.25, 0.3) is 11.5 Å². The van der Waals surface area contributed by atoms with Crippen LogP contribution in [0.2, 0.25) is 0 Å². The highest BCUT2D eigenvalue weighted by Gasteiger charge is 2.14. The Labute approximate surface area is 127 Å². The third-order valence-corrected chi connectivity index (χ3v) is 3.35. The first-order chi connectivity index (χ1) is 10.5. The summed E-state index contributed by atoms with van der Waals surface area (Å²) in [6.45, 7) is 4.05. The number of aryl methyl sites for hydroxylation is 3. The van der Waals surface area contributed by atoms with Gasteiger partial charge in [0.15, 0.2) is 5.69 Å². The lowest BCUT2D eigenvalue weighted by atomic mass is 10.1. The van der Waals surface area contributed by atoms with E-state index in [4.69, 9.17) is 4.42 Å². The predicted molar refractivity (Wildman–Crippen MR) is 80.4 cm³/mol. The molecular weight excluding hydrogens is 282 g/mol. The van der Waals surface area contributed by atoms with E-state index in [2.05, 4.69) is 20.6 Å². The third-order valence-electron chi connectivity index (χ3n) is 3.35. The van der Waals surface area contributed by atoms with E-state index in [0.717, 1.165) is 11.1 Å². The Balaban J connectivity index is 1.78. The monoisotopic (exact) mass is 297 g/mol. The minimum Gasteiger partial charge on any atom is -0.403 e. The molecule has 0 aliphatic heterocycles. The van der Waals surface area contributed by atoms with E-state index in [1.54, 1.807) is 24.0 Å². The van der Waals surface area contributed by atoms with Crippen LogP contribution in [0.3, 0.4) is 0 Å². The highest BCUT2D eigenvalue weighted by molar-refractivity contribution is 6.01. The summed E-state index contributed by atoms with van der Waals surface area (Å²) in [7, 11) is 1.74. The van der Waals surface area contributed by atoms with Gasteiger partial charge in [0, 0.05) is 18.8 Å². The Morgan fingerprint density at radius 2 is 2.00 bits per heavy atom. The Hall–Kier alpha value is -2.96. The molecule has 0 radical (unpaired) electrons. The zero-order valence-corrected chi connectivity index (χ0v) is 12.5. The molecule has 0 aliphatic rings. The van der Waals surface area contributed by atoms with Crippen LogP contribution in [0.1, 0.15) is 21.6 Å². The lowest BCUT2D eigenvalue weighted by Gasteiger charge is -2.01. The first-order valence-corrected chi connectivity index (χ1v) is 6.75. The molecule has 0 atom stereocenters. The van der Waals surface area contributed by atoms with Crippen LogP contribution >= 0.6 is 0 Å². The number of aromatic nitrogens is 4. The molecule has 22 heavy (non-hydrogen) atoms. The molecule has 3 aromatic rings. The first kappa shape index (κ1) is 14.0. The van der Waals surface area contributed by atoms with Crippen LogP contribution in [0.5, 0.6) is 0 Å². The van der Waals surface area contributed by atoms with Gasteiger partial charge in [0.25, 0.3) is 5.91 Å². The molecule has 1 amide bonds. The maximum Gasteiger partial charge on any atom is 0.322 e. The summed E-state index contributed by atoms with van der Waals surface area (Å²) in [5, 5.41) is 14.3. The molecule has 0 aliphatic carbocycles. The molecule has 1 aromatic carbocycles. The van der Waals surface area contributed by atoms with Crippen LogP contribution in [-0.4, -0.2) is 25.9 Å². The summed E-state index contributed by atoms with van der Waals surface area (Å²) < 4.78 is 7.02. The molecule has 0 saturated heterocycles. The summed E-state index contributed by atoms with van der Waals surface area (Å²) in [6.07, 6.45) is 1.68. The molecule has 0 spiro atoms. The maximum atomic E-state index is 12.0. The summed E-state index contributed by atoms with van der Waals surface area (Å²) in [4.78, 5) is 12.0. The van der Waals surface area contributed by atoms with Crippen molar-refractivity contribution in [3.8, 4) is 11.5 Å². The Morgan fingerprint density at radius 1 is 1.18 bits per heavy atom. The van der Waals surface area contributed by atoms with E-state index in [1.165, 1.54) is 5.56 Å². The molecule has 0 bridgehead atoms. The Morgan fingerprint density at radius 3 is 2.68 bits per heavy atom. The zero-order chi connectivity index (χ0) is 15.7. The topological polar surface area (TPSA) is 85.8 Å². The van der Waals surface area contributed by atoms with E-state index >= 15 is 0 Å². The summed E-state index contributed by atoms with van der Waals surface area (Å²) in [5.41, 5.74) is 3.42. The number of anilines is 1. The number of nitrogens with one attached hydrogen (secondary N) is 1. The minimum atomic E-state index is -0.393. The number of hydrogen-bond acceptors (Lipinski definition) is 5. The number of nitrogens with zero attached hydrogens (tertiary/aromatic N) is 4. The van der Waals surface area contributed by atoms with Crippen molar-refractivity contribution in [3.63, 3.8) is 0 Å². The second kappa shape index (κ2) is 5.44. The van der Waals surface area contributed by atoms with E-state index in [1.807, 2.05) is 32.0 Å². The number of carbonyl (C=O) groups excluding carboxylic acids is 1. The fourth-order valence-electron chi connectivity index (χ4n) is 1.96. The summed E-state index contributed by atoms with van der Waals surface area (Å²) in [6, 6.07) is 7.51. The van der Waals surface area contributed by atoms with Gasteiger partial charge >= 0.3 is 6.01 Å². The quantitative estimate of drug-likeness (QED) is 0.802. The lowest BCUT2D eigenvalue weighted by molar-refractivity contribution is 0.101. The fraction of sp³-hybridized carbons (Fsp3) is 0.200. The van der Waals surface area contributed by atoms with Gasteiger partial charge in [0.05, 0.1) is 0 Å².